The van der Waals surface area contributed by atoms with E-state index < -0.39 is 18.2 Å². The number of carboxylic acids is 1. The smallest absolute Gasteiger partial charge is 0.323 e. The largest absolute Gasteiger partial charge is 0.480 e. The quantitative estimate of drug-likeness (QED) is 0.555. The monoisotopic (exact) mass is 147 g/mol. The highest BCUT2D eigenvalue weighted by atomic mass is 19.1. The molecule has 0 amide bonds. The maximum atomic E-state index is 12.7. The van der Waals surface area contributed by atoms with E-state index in [1.54, 1.807) is 0 Å². The number of halogens is 1. The summed E-state index contributed by atoms with van der Waals surface area (Å²) in [6, 6.07) is -0.978. The Morgan fingerprint density at radius 1 is 1.70 bits per heavy atom. The van der Waals surface area contributed by atoms with E-state index in [2.05, 4.69) is 5.32 Å². The van der Waals surface area contributed by atoms with E-state index in [-0.39, 0.29) is 0 Å². The molecule has 2 atom stereocenters. The van der Waals surface area contributed by atoms with Crippen molar-refractivity contribution >= 4 is 5.97 Å². The molecule has 2 N–H and O–H groups in total. The Morgan fingerprint density at radius 2 is 2.40 bits per heavy atom. The molecule has 0 bridgehead atoms. The van der Waals surface area contributed by atoms with E-state index in [4.69, 9.17) is 5.11 Å². The second kappa shape index (κ2) is 2.96. The molecular weight excluding hydrogens is 137 g/mol. The van der Waals surface area contributed by atoms with Gasteiger partial charge in [0.05, 0.1) is 0 Å². The van der Waals surface area contributed by atoms with Crippen molar-refractivity contribution in [2.45, 2.75) is 25.1 Å². The van der Waals surface area contributed by atoms with Crippen molar-refractivity contribution in [1.29, 1.82) is 0 Å². The second-order valence-corrected chi connectivity index (χ2v) is 2.43. The van der Waals surface area contributed by atoms with Crippen LogP contribution in [0.5, 0.6) is 0 Å². The Kier molecular flexibility index (Phi) is 2.21. The van der Waals surface area contributed by atoms with Gasteiger partial charge in [-0.15, -0.1) is 0 Å². The summed E-state index contributed by atoms with van der Waals surface area (Å²) in [5.74, 6) is -1.09. The van der Waals surface area contributed by atoms with E-state index in [0.717, 1.165) is 6.42 Å². The van der Waals surface area contributed by atoms with Gasteiger partial charge in [0, 0.05) is 0 Å². The van der Waals surface area contributed by atoms with Crippen LogP contribution in [-0.4, -0.2) is 29.8 Å². The van der Waals surface area contributed by atoms with Gasteiger partial charge in [-0.25, -0.2) is 4.39 Å². The van der Waals surface area contributed by atoms with E-state index in [1.165, 1.54) is 0 Å². The minimum atomic E-state index is -1.22. The van der Waals surface area contributed by atoms with Gasteiger partial charge in [0.1, 0.15) is 12.2 Å². The molecule has 4 heteroatoms. The number of hydrogen-bond donors (Lipinski definition) is 2. The first-order valence-electron chi connectivity index (χ1n) is 3.32. The number of carboxylic acid groups (broad SMARTS) is 1. The molecule has 0 radical (unpaired) electrons. The van der Waals surface area contributed by atoms with Gasteiger partial charge >= 0.3 is 5.97 Å². The normalized spacial score (nSPS) is 33.7. The molecule has 3 nitrogen and oxygen atoms in total. The topological polar surface area (TPSA) is 49.3 Å². The van der Waals surface area contributed by atoms with Crippen molar-refractivity contribution in [3.05, 3.63) is 0 Å². The van der Waals surface area contributed by atoms with Crippen molar-refractivity contribution in [1.82, 2.24) is 5.32 Å². The summed E-state index contributed by atoms with van der Waals surface area (Å²) >= 11 is 0. The summed E-state index contributed by atoms with van der Waals surface area (Å²) < 4.78 is 12.7. The van der Waals surface area contributed by atoms with Crippen LogP contribution < -0.4 is 5.32 Å². The Morgan fingerprint density at radius 3 is 2.80 bits per heavy atom. The molecule has 0 spiro atoms. The molecule has 1 rings (SSSR count). The first kappa shape index (κ1) is 7.47. The summed E-state index contributed by atoms with van der Waals surface area (Å²) in [5.41, 5.74) is 0. The van der Waals surface area contributed by atoms with Gasteiger partial charge in [0.25, 0.3) is 0 Å². The van der Waals surface area contributed by atoms with E-state index in [9.17, 15) is 9.18 Å². The van der Waals surface area contributed by atoms with Crippen molar-refractivity contribution in [3.63, 3.8) is 0 Å². The lowest BCUT2D eigenvalue weighted by Crippen LogP contribution is -2.48. The van der Waals surface area contributed by atoms with Gasteiger partial charge in [-0.3, -0.25) is 4.79 Å². The van der Waals surface area contributed by atoms with Crippen LogP contribution in [0.3, 0.4) is 0 Å². The highest BCUT2D eigenvalue weighted by molar-refractivity contribution is 5.74. The molecular formula is C6H10FNO2. The zero-order valence-electron chi connectivity index (χ0n) is 5.51. The van der Waals surface area contributed by atoms with Crippen LogP contribution >= 0.6 is 0 Å². The average molecular weight is 147 g/mol. The van der Waals surface area contributed by atoms with E-state index in [1.807, 2.05) is 0 Å². The van der Waals surface area contributed by atoms with Crippen LogP contribution in [0.4, 0.5) is 4.39 Å². The van der Waals surface area contributed by atoms with Crippen molar-refractivity contribution < 1.29 is 14.3 Å². The Bertz CT molecular complexity index is 140. The lowest BCUT2D eigenvalue weighted by molar-refractivity contribution is -0.141. The van der Waals surface area contributed by atoms with Gasteiger partial charge < -0.3 is 10.4 Å². The number of rotatable bonds is 1. The lowest BCUT2D eigenvalue weighted by Gasteiger charge is -2.23. The zero-order valence-corrected chi connectivity index (χ0v) is 5.51. The van der Waals surface area contributed by atoms with Crippen molar-refractivity contribution in [2.24, 2.45) is 0 Å². The highest BCUT2D eigenvalue weighted by Crippen LogP contribution is 2.11. The molecule has 0 aromatic carbocycles. The predicted molar refractivity (Wildman–Crippen MR) is 33.6 cm³/mol. The van der Waals surface area contributed by atoms with Crippen LogP contribution in [-0.2, 0) is 4.79 Å². The molecule has 0 unspecified atom stereocenters. The van der Waals surface area contributed by atoms with Gasteiger partial charge in [-0.05, 0) is 19.4 Å². The van der Waals surface area contributed by atoms with Gasteiger partial charge in [-0.1, -0.05) is 0 Å². The first-order chi connectivity index (χ1) is 4.72. The molecule has 10 heavy (non-hydrogen) atoms. The number of alkyl halides is 1. The third-order valence-corrected chi connectivity index (χ3v) is 1.65. The fraction of sp³-hybridized carbons (Fsp3) is 0.833. The third kappa shape index (κ3) is 1.44. The van der Waals surface area contributed by atoms with Crippen LogP contribution in [0.2, 0.25) is 0 Å². The summed E-state index contributed by atoms with van der Waals surface area (Å²) in [6.07, 6.45) is -0.124. The molecule has 0 saturated carbocycles. The molecule has 58 valence electrons. The molecule has 1 aliphatic heterocycles. The van der Waals surface area contributed by atoms with E-state index >= 15 is 0 Å². The summed E-state index contributed by atoms with van der Waals surface area (Å²) in [7, 11) is 0. The third-order valence-electron chi connectivity index (χ3n) is 1.65. The number of aliphatic carboxylic acids is 1. The van der Waals surface area contributed by atoms with Crippen LogP contribution in [0.1, 0.15) is 12.8 Å². The van der Waals surface area contributed by atoms with Gasteiger partial charge in [-0.2, -0.15) is 0 Å². The average Bonchev–Trinajstić information content (AvgIpc) is 1.88. The fourth-order valence-corrected chi connectivity index (χ4v) is 1.09. The Balaban J connectivity index is 2.47. The molecule has 1 heterocycles. The summed E-state index contributed by atoms with van der Waals surface area (Å²) in [6.45, 7) is 0.609. The lowest BCUT2D eigenvalue weighted by atomic mass is 10.0. The SMILES string of the molecule is O=C(O)[C@@H]1NCCC[C@@H]1F. The Hall–Kier alpha value is -0.640. The first-order valence-corrected chi connectivity index (χ1v) is 3.32. The molecule has 1 saturated heterocycles. The molecule has 1 fully saturated rings. The standard InChI is InChI=1S/C6H10FNO2/c7-4-2-1-3-8-5(4)6(9)10/h4-5,8H,1-3H2,(H,9,10)/t4-,5+/m0/s1. The minimum absolute atomic E-state index is 0.365. The highest BCUT2D eigenvalue weighted by Gasteiger charge is 2.29. The Labute approximate surface area is 58.2 Å². The van der Waals surface area contributed by atoms with Crippen molar-refractivity contribution in [2.75, 3.05) is 6.54 Å². The molecule has 1 aliphatic rings. The van der Waals surface area contributed by atoms with Crippen molar-refractivity contribution in [3.8, 4) is 0 Å². The fourth-order valence-electron chi connectivity index (χ4n) is 1.09. The maximum Gasteiger partial charge on any atom is 0.323 e. The van der Waals surface area contributed by atoms with Gasteiger partial charge in [0.15, 0.2) is 0 Å². The van der Waals surface area contributed by atoms with Gasteiger partial charge in [0.2, 0.25) is 0 Å². The van der Waals surface area contributed by atoms with E-state index in [0.29, 0.717) is 13.0 Å². The number of carbonyl (C=O) groups is 1. The summed E-state index contributed by atoms with van der Waals surface area (Å²) in [5, 5.41) is 11.0. The summed E-state index contributed by atoms with van der Waals surface area (Å²) in [4.78, 5) is 10.3. The molecule has 0 aromatic rings. The number of piperidine rings is 1. The van der Waals surface area contributed by atoms with Crippen LogP contribution in [0.25, 0.3) is 0 Å². The van der Waals surface area contributed by atoms with Crippen LogP contribution in [0, 0.1) is 0 Å². The number of nitrogens with one attached hydrogen (secondary N) is 1. The second-order valence-electron chi connectivity index (χ2n) is 2.43. The van der Waals surface area contributed by atoms with Crippen LogP contribution in [0.15, 0.2) is 0 Å². The minimum Gasteiger partial charge on any atom is -0.480 e. The predicted octanol–water partition coefficient (Wildman–Crippen LogP) is 0.161. The maximum absolute atomic E-state index is 12.7. The number of hydrogen-bond acceptors (Lipinski definition) is 2. The molecule has 0 aromatic heterocycles. The zero-order chi connectivity index (χ0) is 7.56. The molecule has 0 aliphatic carbocycles.